The molecule has 0 saturated carbocycles. The molecule has 7 heteroatoms. The number of carbonyl (C=O) groups excluding carboxylic acids is 1. The van der Waals surface area contributed by atoms with Crippen molar-refractivity contribution in [1.29, 1.82) is 0 Å². The molecule has 19 heavy (non-hydrogen) atoms. The van der Waals surface area contributed by atoms with Crippen LogP contribution in [0.5, 0.6) is 0 Å². The van der Waals surface area contributed by atoms with E-state index < -0.39 is 0 Å². The molecule has 6 nitrogen and oxygen atoms in total. The Bertz CT molecular complexity index is 587. The van der Waals surface area contributed by atoms with Crippen molar-refractivity contribution >= 4 is 23.5 Å². The number of halogens is 1. The summed E-state index contributed by atoms with van der Waals surface area (Å²) in [7, 11) is 0. The molecule has 2 N–H and O–H groups in total. The van der Waals surface area contributed by atoms with Crippen molar-refractivity contribution in [2.45, 2.75) is 13.3 Å². The number of nitrogens with two attached hydrogens (primary N) is 1. The lowest BCUT2D eigenvalue weighted by atomic mass is 10.2. The minimum atomic E-state index is -0.282. The molecule has 0 fully saturated rings. The van der Waals surface area contributed by atoms with Crippen molar-refractivity contribution in [3.8, 4) is 11.3 Å². The zero-order valence-electron chi connectivity index (χ0n) is 10.2. The number of hydrazine groups is 1. The van der Waals surface area contributed by atoms with E-state index in [0.29, 0.717) is 10.7 Å². The second-order valence-electron chi connectivity index (χ2n) is 3.77. The van der Waals surface area contributed by atoms with E-state index in [1.807, 2.05) is 0 Å². The van der Waals surface area contributed by atoms with Gasteiger partial charge < -0.3 is 0 Å². The van der Waals surface area contributed by atoms with E-state index >= 15 is 0 Å². The van der Waals surface area contributed by atoms with Crippen LogP contribution in [-0.2, 0) is 4.79 Å². The topological polar surface area (TPSA) is 85.0 Å². The van der Waals surface area contributed by atoms with Gasteiger partial charge >= 0.3 is 0 Å². The highest BCUT2D eigenvalue weighted by Crippen LogP contribution is 2.19. The number of benzene rings is 1. The summed E-state index contributed by atoms with van der Waals surface area (Å²) in [5.74, 6) is 5.40. The zero-order chi connectivity index (χ0) is 13.8. The first-order chi connectivity index (χ1) is 9.11. The maximum absolute atomic E-state index is 11.5. The van der Waals surface area contributed by atoms with Crippen LogP contribution in [0.4, 0.5) is 5.95 Å². The third-order valence-corrected chi connectivity index (χ3v) is 2.73. The van der Waals surface area contributed by atoms with Gasteiger partial charge in [0.15, 0.2) is 0 Å². The molecule has 0 atom stereocenters. The van der Waals surface area contributed by atoms with Crippen LogP contribution >= 0.6 is 11.6 Å². The Morgan fingerprint density at radius 1 is 1.37 bits per heavy atom. The molecular weight excluding hydrogens is 266 g/mol. The Kier molecular flexibility index (Phi) is 4.03. The van der Waals surface area contributed by atoms with E-state index in [4.69, 9.17) is 17.4 Å². The largest absolute Gasteiger partial charge is 0.273 e. The van der Waals surface area contributed by atoms with Gasteiger partial charge in [-0.3, -0.25) is 4.79 Å². The molecule has 0 unspecified atom stereocenters. The monoisotopic (exact) mass is 277 g/mol. The third kappa shape index (κ3) is 3.04. The van der Waals surface area contributed by atoms with E-state index in [1.54, 1.807) is 31.2 Å². The van der Waals surface area contributed by atoms with Crippen molar-refractivity contribution in [2.24, 2.45) is 5.84 Å². The van der Waals surface area contributed by atoms with Crippen molar-refractivity contribution in [1.82, 2.24) is 15.2 Å². The number of aromatic nitrogens is 3. The minimum Gasteiger partial charge on any atom is -0.273 e. The first-order valence-electron chi connectivity index (χ1n) is 5.65. The van der Waals surface area contributed by atoms with Crippen LogP contribution < -0.4 is 10.9 Å². The number of carbonyl (C=O) groups is 1. The smallest absolute Gasteiger partial charge is 0.267 e. The summed E-state index contributed by atoms with van der Waals surface area (Å²) < 4.78 is 0. The first-order valence-corrected chi connectivity index (χ1v) is 6.03. The Morgan fingerprint density at radius 3 is 2.68 bits per heavy atom. The maximum Gasteiger partial charge on any atom is 0.267 e. The molecule has 0 spiro atoms. The van der Waals surface area contributed by atoms with Crippen LogP contribution in [0.15, 0.2) is 30.5 Å². The molecule has 0 aliphatic heterocycles. The summed E-state index contributed by atoms with van der Waals surface area (Å²) in [6.45, 7) is 1.71. The molecule has 1 aromatic carbocycles. The fourth-order valence-electron chi connectivity index (χ4n) is 1.44. The highest BCUT2D eigenvalue weighted by molar-refractivity contribution is 6.30. The lowest BCUT2D eigenvalue weighted by Gasteiger charge is -2.13. The van der Waals surface area contributed by atoms with Gasteiger partial charge in [0, 0.05) is 17.0 Å². The molecule has 2 aromatic rings. The summed E-state index contributed by atoms with van der Waals surface area (Å²) >= 11 is 5.82. The van der Waals surface area contributed by atoms with Crippen LogP contribution in [0.1, 0.15) is 13.3 Å². The molecular formula is C12H12ClN5O. The van der Waals surface area contributed by atoms with E-state index in [2.05, 4.69) is 15.2 Å². The molecule has 0 radical (unpaired) electrons. The molecule has 0 saturated heterocycles. The minimum absolute atomic E-state index is 0.0688. The van der Waals surface area contributed by atoms with Crippen LogP contribution in [0.25, 0.3) is 11.3 Å². The van der Waals surface area contributed by atoms with Gasteiger partial charge in [0.1, 0.15) is 0 Å². The van der Waals surface area contributed by atoms with Crippen LogP contribution in [-0.4, -0.2) is 21.1 Å². The first kappa shape index (κ1) is 13.4. The van der Waals surface area contributed by atoms with E-state index in [-0.39, 0.29) is 18.3 Å². The summed E-state index contributed by atoms with van der Waals surface area (Å²) in [6.07, 6.45) is 1.77. The predicted molar refractivity (Wildman–Crippen MR) is 72.2 cm³/mol. The second kappa shape index (κ2) is 5.73. The van der Waals surface area contributed by atoms with Gasteiger partial charge in [-0.05, 0) is 12.1 Å². The molecule has 1 heterocycles. The Hall–Kier alpha value is -2.05. The molecule has 1 aromatic heterocycles. The number of anilines is 1. The van der Waals surface area contributed by atoms with E-state index in [9.17, 15) is 4.79 Å². The third-order valence-electron chi connectivity index (χ3n) is 2.47. The lowest BCUT2D eigenvalue weighted by molar-refractivity contribution is -0.118. The number of hydrogen-bond acceptors (Lipinski definition) is 5. The predicted octanol–water partition coefficient (Wildman–Crippen LogP) is 1.81. The molecule has 2 rings (SSSR count). The molecule has 0 aliphatic carbocycles. The Labute approximate surface area is 115 Å². The number of hydrogen-bond donors (Lipinski definition) is 1. The van der Waals surface area contributed by atoms with Crippen LogP contribution in [0.3, 0.4) is 0 Å². The average Bonchev–Trinajstić information content (AvgIpc) is 2.46. The summed E-state index contributed by atoms with van der Waals surface area (Å²) in [6, 6.07) is 7.10. The van der Waals surface area contributed by atoms with E-state index in [0.717, 1.165) is 10.6 Å². The van der Waals surface area contributed by atoms with Crippen LogP contribution in [0.2, 0.25) is 5.02 Å². The van der Waals surface area contributed by atoms with Crippen molar-refractivity contribution in [3.05, 3.63) is 35.5 Å². The fourth-order valence-corrected chi connectivity index (χ4v) is 1.56. The van der Waals surface area contributed by atoms with Crippen molar-refractivity contribution < 1.29 is 4.79 Å². The lowest BCUT2D eigenvalue weighted by Crippen LogP contribution is -2.38. The molecule has 98 valence electrons. The van der Waals surface area contributed by atoms with Crippen molar-refractivity contribution in [3.63, 3.8) is 0 Å². The molecule has 0 aliphatic rings. The van der Waals surface area contributed by atoms with Gasteiger partial charge in [-0.15, -0.1) is 5.10 Å². The Morgan fingerprint density at radius 2 is 2.05 bits per heavy atom. The van der Waals surface area contributed by atoms with Gasteiger partial charge in [0.25, 0.3) is 5.95 Å². The maximum atomic E-state index is 11.5. The summed E-state index contributed by atoms with van der Waals surface area (Å²) in [5.41, 5.74) is 1.39. The average molecular weight is 278 g/mol. The molecule has 0 bridgehead atoms. The SMILES string of the molecule is CCC(=O)N(N)c1nncc(-c2ccc(Cl)cc2)n1. The number of amides is 1. The van der Waals surface area contributed by atoms with Gasteiger partial charge in [0.05, 0.1) is 11.9 Å². The number of rotatable bonds is 3. The van der Waals surface area contributed by atoms with E-state index in [1.165, 1.54) is 6.20 Å². The summed E-state index contributed by atoms with van der Waals surface area (Å²) in [5, 5.41) is 9.07. The van der Waals surface area contributed by atoms with Gasteiger partial charge in [-0.25, -0.2) is 15.8 Å². The number of nitrogens with zero attached hydrogens (tertiary/aromatic N) is 4. The quantitative estimate of drug-likeness (QED) is 0.525. The van der Waals surface area contributed by atoms with Crippen LogP contribution in [0, 0.1) is 0 Å². The van der Waals surface area contributed by atoms with Gasteiger partial charge in [-0.2, -0.15) is 5.10 Å². The standard InChI is InChI=1S/C12H12ClN5O/c1-2-11(19)18(14)12-16-10(7-15-17-12)8-3-5-9(13)6-4-8/h3-7H,2,14H2,1H3. The highest BCUT2D eigenvalue weighted by atomic mass is 35.5. The highest BCUT2D eigenvalue weighted by Gasteiger charge is 2.14. The summed E-state index contributed by atoms with van der Waals surface area (Å²) in [4.78, 5) is 15.7. The molecule has 1 amide bonds. The fraction of sp³-hybridized carbons (Fsp3) is 0.167. The Balaban J connectivity index is 2.34. The van der Waals surface area contributed by atoms with Gasteiger partial charge in [0.2, 0.25) is 5.91 Å². The zero-order valence-corrected chi connectivity index (χ0v) is 11.0. The van der Waals surface area contributed by atoms with Crippen molar-refractivity contribution in [2.75, 3.05) is 5.01 Å². The van der Waals surface area contributed by atoms with Gasteiger partial charge in [-0.1, -0.05) is 30.7 Å². The normalized spacial score (nSPS) is 10.3. The second-order valence-corrected chi connectivity index (χ2v) is 4.20.